The molecule has 0 saturated carbocycles. The lowest BCUT2D eigenvalue weighted by Gasteiger charge is -2.06. The molecule has 1 aliphatic carbocycles. The Bertz CT molecular complexity index is 1720. The number of nitrogens with two attached hydrogens (primary N) is 1. The van der Waals surface area contributed by atoms with E-state index >= 15 is 0 Å². The molecule has 0 saturated heterocycles. The summed E-state index contributed by atoms with van der Waals surface area (Å²) in [6.45, 7) is 0. The lowest BCUT2D eigenvalue weighted by Crippen LogP contribution is -2.21. The number of amides is 1. The van der Waals surface area contributed by atoms with Crippen LogP contribution in [0.3, 0.4) is 0 Å². The number of nitro benzene ring substituents is 1. The summed E-state index contributed by atoms with van der Waals surface area (Å²) in [5.41, 5.74) is 12.4. The van der Waals surface area contributed by atoms with E-state index in [0.29, 0.717) is 22.5 Å². The number of hydrazone groups is 1. The SMILES string of the molecule is Nc1nonc1-n1nnc(C(=O)N/N=C2/c3ccccc3-c3ccc([N+](=O)[O-])cc32)c1-c1ccccc1. The molecule has 13 heteroatoms. The number of nitrogens with zero attached hydrogens (tertiary/aromatic N) is 7. The molecule has 180 valence electrons. The first-order chi connectivity index (χ1) is 18.0. The van der Waals surface area contributed by atoms with Gasteiger partial charge in [0.2, 0.25) is 11.6 Å². The van der Waals surface area contributed by atoms with E-state index in [1.807, 2.05) is 30.3 Å². The van der Waals surface area contributed by atoms with Gasteiger partial charge in [0, 0.05) is 28.8 Å². The minimum atomic E-state index is -0.663. The summed E-state index contributed by atoms with van der Waals surface area (Å²) in [4.78, 5) is 24.2. The van der Waals surface area contributed by atoms with Crippen molar-refractivity contribution in [3.8, 4) is 28.2 Å². The Kier molecular flexibility index (Phi) is 5.00. The van der Waals surface area contributed by atoms with Crippen molar-refractivity contribution in [2.75, 3.05) is 5.73 Å². The molecular formula is C24H15N9O4. The van der Waals surface area contributed by atoms with Crippen LogP contribution in [-0.2, 0) is 0 Å². The van der Waals surface area contributed by atoms with Crippen molar-refractivity contribution in [3.05, 3.63) is 99.7 Å². The third-order valence-corrected chi connectivity index (χ3v) is 5.84. The number of nitrogens with one attached hydrogen (secondary N) is 1. The van der Waals surface area contributed by atoms with Gasteiger partial charge in [0.15, 0.2) is 5.69 Å². The second-order valence-electron chi connectivity index (χ2n) is 7.97. The quantitative estimate of drug-likeness (QED) is 0.269. The Morgan fingerprint density at radius 3 is 2.43 bits per heavy atom. The number of anilines is 1. The molecule has 0 atom stereocenters. The van der Waals surface area contributed by atoms with Crippen LogP contribution in [0.25, 0.3) is 28.2 Å². The first-order valence-corrected chi connectivity index (χ1v) is 10.9. The van der Waals surface area contributed by atoms with Gasteiger partial charge in [0.05, 0.1) is 10.6 Å². The second kappa shape index (κ2) is 8.49. The van der Waals surface area contributed by atoms with Gasteiger partial charge >= 0.3 is 0 Å². The lowest BCUT2D eigenvalue weighted by molar-refractivity contribution is -0.384. The average molecular weight is 493 g/mol. The van der Waals surface area contributed by atoms with Crippen molar-refractivity contribution in [2.45, 2.75) is 0 Å². The van der Waals surface area contributed by atoms with Crippen molar-refractivity contribution >= 4 is 23.1 Å². The minimum Gasteiger partial charge on any atom is -0.378 e. The Morgan fingerprint density at radius 1 is 0.973 bits per heavy atom. The number of hydrogen-bond acceptors (Lipinski definition) is 10. The van der Waals surface area contributed by atoms with Crippen molar-refractivity contribution in [1.82, 2.24) is 30.7 Å². The van der Waals surface area contributed by atoms with Gasteiger partial charge in [0.1, 0.15) is 5.69 Å². The number of carbonyl (C=O) groups excluding carboxylic acids is 1. The maximum atomic E-state index is 13.3. The van der Waals surface area contributed by atoms with Crippen LogP contribution in [0.1, 0.15) is 21.6 Å². The monoisotopic (exact) mass is 493 g/mol. The summed E-state index contributed by atoms with van der Waals surface area (Å²) < 4.78 is 5.94. The highest BCUT2D eigenvalue weighted by molar-refractivity contribution is 6.25. The summed E-state index contributed by atoms with van der Waals surface area (Å²) in [7, 11) is 0. The third-order valence-electron chi connectivity index (χ3n) is 5.84. The van der Waals surface area contributed by atoms with Gasteiger partial charge in [-0.2, -0.15) is 9.78 Å². The van der Waals surface area contributed by atoms with Gasteiger partial charge in [-0.15, -0.1) is 5.10 Å². The number of rotatable bonds is 5. The molecule has 0 bridgehead atoms. The van der Waals surface area contributed by atoms with Gasteiger partial charge < -0.3 is 5.73 Å². The molecule has 0 radical (unpaired) electrons. The van der Waals surface area contributed by atoms with Crippen LogP contribution < -0.4 is 11.2 Å². The highest BCUT2D eigenvalue weighted by Gasteiger charge is 2.29. The Balaban J connectivity index is 1.43. The van der Waals surface area contributed by atoms with E-state index < -0.39 is 10.8 Å². The second-order valence-corrected chi connectivity index (χ2v) is 7.97. The molecule has 5 aromatic rings. The molecule has 0 spiro atoms. The van der Waals surface area contributed by atoms with E-state index in [2.05, 4.69) is 35.8 Å². The molecule has 13 nitrogen and oxygen atoms in total. The topological polar surface area (TPSA) is 180 Å². The van der Waals surface area contributed by atoms with Crippen LogP contribution in [0.15, 0.2) is 82.5 Å². The zero-order valence-electron chi connectivity index (χ0n) is 18.8. The molecule has 1 aliphatic rings. The number of non-ortho nitro benzene ring substituents is 1. The van der Waals surface area contributed by atoms with E-state index in [-0.39, 0.29) is 23.0 Å². The Labute approximate surface area is 207 Å². The smallest absolute Gasteiger partial charge is 0.294 e. The van der Waals surface area contributed by atoms with E-state index in [4.69, 9.17) is 5.73 Å². The van der Waals surface area contributed by atoms with Crippen molar-refractivity contribution in [3.63, 3.8) is 0 Å². The van der Waals surface area contributed by atoms with Crippen LogP contribution in [0, 0.1) is 10.1 Å². The normalized spacial score (nSPS) is 12.8. The zero-order chi connectivity index (χ0) is 25.5. The number of aromatic nitrogens is 5. The predicted octanol–water partition coefficient (Wildman–Crippen LogP) is 2.97. The van der Waals surface area contributed by atoms with Gasteiger partial charge in [-0.05, 0) is 27.5 Å². The molecular weight excluding hydrogens is 478 g/mol. The van der Waals surface area contributed by atoms with Gasteiger partial charge in [0.25, 0.3) is 11.6 Å². The first-order valence-electron chi connectivity index (χ1n) is 10.9. The summed E-state index contributed by atoms with van der Waals surface area (Å²) >= 11 is 0. The fraction of sp³-hybridized carbons (Fsp3) is 0. The predicted molar refractivity (Wildman–Crippen MR) is 131 cm³/mol. The molecule has 3 aromatic carbocycles. The molecule has 1 amide bonds. The number of benzene rings is 3. The fourth-order valence-electron chi connectivity index (χ4n) is 4.20. The first kappa shape index (κ1) is 21.8. The largest absolute Gasteiger partial charge is 0.378 e. The summed E-state index contributed by atoms with van der Waals surface area (Å²) in [5, 5.41) is 31.1. The maximum absolute atomic E-state index is 13.3. The van der Waals surface area contributed by atoms with Gasteiger partial charge in [-0.1, -0.05) is 59.8 Å². The van der Waals surface area contributed by atoms with E-state index in [9.17, 15) is 14.9 Å². The number of nitro groups is 1. The molecule has 2 heterocycles. The molecule has 6 rings (SSSR count). The minimum absolute atomic E-state index is 0.0324. The van der Waals surface area contributed by atoms with Gasteiger partial charge in [-0.3, -0.25) is 14.9 Å². The Hall–Kier alpha value is -5.72. The standard InChI is InChI=1S/C24H15N9O4/c25-22-23(30-37-29-22)32-21(13-6-2-1-3-7-13)20(27-31-32)24(34)28-26-19-17-9-5-4-8-15(17)16-11-10-14(33(35)36)12-18(16)19/h1-12H,(H2,25,29)(H,28,34)/b26-19-. The fourth-order valence-corrected chi connectivity index (χ4v) is 4.20. The van der Waals surface area contributed by atoms with Crippen LogP contribution >= 0.6 is 0 Å². The number of hydrogen-bond donors (Lipinski definition) is 2. The summed E-state index contributed by atoms with van der Waals surface area (Å²) in [5.74, 6) is -0.623. The Morgan fingerprint density at radius 2 is 1.70 bits per heavy atom. The summed E-state index contributed by atoms with van der Waals surface area (Å²) in [6.07, 6.45) is 0. The van der Waals surface area contributed by atoms with E-state index in [1.165, 1.54) is 16.8 Å². The number of nitrogen functional groups attached to an aromatic ring is 1. The maximum Gasteiger partial charge on any atom is 0.294 e. The van der Waals surface area contributed by atoms with Crippen molar-refractivity contribution in [1.29, 1.82) is 0 Å². The third kappa shape index (κ3) is 3.58. The van der Waals surface area contributed by atoms with Crippen molar-refractivity contribution < 1.29 is 14.3 Å². The van der Waals surface area contributed by atoms with Crippen molar-refractivity contribution in [2.24, 2.45) is 5.10 Å². The summed E-state index contributed by atoms with van der Waals surface area (Å²) in [6, 6.07) is 20.9. The molecule has 0 aliphatic heterocycles. The molecule has 2 aromatic heterocycles. The number of carbonyl (C=O) groups is 1. The highest BCUT2D eigenvalue weighted by atomic mass is 16.6. The van der Waals surface area contributed by atoms with Crippen LogP contribution in [0.4, 0.5) is 11.5 Å². The zero-order valence-corrected chi connectivity index (χ0v) is 18.8. The van der Waals surface area contributed by atoms with Crippen LogP contribution in [0.5, 0.6) is 0 Å². The highest BCUT2D eigenvalue weighted by Crippen LogP contribution is 2.38. The van der Waals surface area contributed by atoms with Gasteiger partial charge in [-0.25, -0.2) is 10.1 Å². The average Bonchev–Trinajstić information content (AvgIpc) is 3.62. The van der Waals surface area contributed by atoms with E-state index in [0.717, 1.165) is 16.7 Å². The van der Waals surface area contributed by atoms with Crippen LogP contribution in [0.2, 0.25) is 0 Å². The van der Waals surface area contributed by atoms with E-state index in [1.54, 1.807) is 30.3 Å². The lowest BCUT2D eigenvalue weighted by atomic mass is 10.1. The van der Waals surface area contributed by atoms with Crippen LogP contribution in [-0.4, -0.2) is 41.8 Å². The molecule has 0 fully saturated rings. The number of fused-ring (bicyclic) bond motifs is 3. The molecule has 37 heavy (non-hydrogen) atoms. The molecule has 3 N–H and O–H groups in total. The molecule has 0 unspecified atom stereocenters.